The van der Waals surface area contributed by atoms with E-state index < -0.39 is 5.92 Å². The van der Waals surface area contributed by atoms with E-state index in [-0.39, 0.29) is 52.7 Å². The lowest BCUT2D eigenvalue weighted by atomic mass is 9.67. The molecule has 0 saturated heterocycles. The minimum atomic E-state index is -0.406. The summed E-state index contributed by atoms with van der Waals surface area (Å²) in [6.45, 7) is 10.2. The Kier molecular flexibility index (Phi) is 6.72. The summed E-state index contributed by atoms with van der Waals surface area (Å²) < 4.78 is 0. The van der Waals surface area contributed by atoms with Gasteiger partial charge in [0.2, 0.25) is 0 Å². The van der Waals surface area contributed by atoms with Gasteiger partial charge in [-0.15, -0.1) is 11.3 Å². The van der Waals surface area contributed by atoms with E-state index in [9.17, 15) is 14.4 Å². The Morgan fingerprint density at radius 3 is 2.41 bits per heavy atom. The van der Waals surface area contributed by atoms with E-state index in [0.717, 1.165) is 41.7 Å². The second kappa shape index (κ2) is 9.58. The maximum absolute atomic E-state index is 14.1. The number of Topliss-reactive ketones (excluding diaryl/α,β-unsaturated/α-hetero) is 3. The molecule has 1 aromatic carbocycles. The molecule has 5 rings (SSSR count). The molecule has 0 amide bonds. The molecular formula is C32H37NO3S. The van der Waals surface area contributed by atoms with E-state index in [0.29, 0.717) is 11.5 Å². The highest BCUT2D eigenvalue weighted by atomic mass is 32.1. The highest BCUT2D eigenvalue weighted by Gasteiger charge is 2.49. The van der Waals surface area contributed by atoms with Crippen molar-refractivity contribution in [1.82, 2.24) is 0 Å². The van der Waals surface area contributed by atoms with Gasteiger partial charge in [-0.1, -0.05) is 45.0 Å². The number of carbonyl (C=O) groups excluding carboxylic acids is 3. The lowest BCUT2D eigenvalue weighted by molar-refractivity contribution is -0.135. The Morgan fingerprint density at radius 2 is 1.76 bits per heavy atom. The van der Waals surface area contributed by atoms with Crippen LogP contribution in [0.25, 0.3) is 6.08 Å². The molecule has 5 unspecified atom stereocenters. The van der Waals surface area contributed by atoms with E-state index in [1.807, 2.05) is 51.1 Å². The highest BCUT2D eigenvalue weighted by molar-refractivity contribution is 7.14. The fraction of sp³-hybridized carbons (Fsp3) is 0.500. The maximum atomic E-state index is 14.1. The van der Waals surface area contributed by atoms with Crippen molar-refractivity contribution >= 4 is 40.5 Å². The Bertz CT molecular complexity index is 1300. The smallest absolute Gasteiger partial charge is 0.176 e. The van der Waals surface area contributed by atoms with E-state index in [2.05, 4.69) is 13.8 Å². The molecule has 2 aromatic rings. The van der Waals surface area contributed by atoms with Crippen LogP contribution < -0.4 is 0 Å². The average molecular weight is 516 g/mol. The van der Waals surface area contributed by atoms with Gasteiger partial charge in [-0.2, -0.15) is 0 Å². The number of rotatable bonds is 7. The third-order valence-electron chi connectivity index (χ3n) is 9.14. The first-order chi connectivity index (χ1) is 17.5. The monoisotopic (exact) mass is 515 g/mol. The van der Waals surface area contributed by atoms with Crippen LogP contribution in [0, 0.1) is 54.3 Å². The largest absolute Gasteiger partial charge is 0.299 e. The summed E-state index contributed by atoms with van der Waals surface area (Å²) in [7, 11) is 0. The molecule has 2 bridgehead atoms. The fourth-order valence-electron chi connectivity index (χ4n) is 6.85. The zero-order valence-corrected chi connectivity index (χ0v) is 23.3. The Labute approximate surface area is 224 Å². The van der Waals surface area contributed by atoms with Crippen molar-refractivity contribution in [2.45, 2.75) is 66.7 Å². The third kappa shape index (κ3) is 4.71. The van der Waals surface area contributed by atoms with Crippen LogP contribution in [0.1, 0.15) is 84.1 Å². The number of thiophene rings is 1. The molecule has 5 heteroatoms. The predicted molar refractivity (Wildman–Crippen MR) is 149 cm³/mol. The molecule has 5 atom stereocenters. The lowest BCUT2D eigenvalue weighted by Crippen LogP contribution is -2.38. The molecule has 0 spiro atoms. The molecule has 3 aliphatic rings. The first kappa shape index (κ1) is 26.0. The molecule has 2 fully saturated rings. The summed E-state index contributed by atoms with van der Waals surface area (Å²) in [5, 5.41) is 8.53. The van der Waals surface area contributed by atoms with Crippen LogP contribution in [-0.4, -0.2) is 23.1 Å². The lowest BCUT2D eigenvalue weighted by Gasteiger charge is -2.36. The number of hydrogen-bond acceptors (Lipinski definition) is 5. The number of benzene rings is 1. The Balaban J connectivity index is 1.31. The molecule has 1 heterocycles. The molecule has 194 valence electrons. The quantitative estimate of drug-likeness (QED) is 0.394. The molecule has 1 N–H and O–H groups in total. The molecule has 3 aliphatic carbocycles. The third-order valence-corrected chi connectivity index (χ3v) is 10.3. The van der Waals surface area contributed by atoms with Crippen molar-refractivity contribution in [3.05, 3.63) is 62.3 Å². The minimum Gasteiger partial charge on any atom is -0.299 e. The van der Waals surface area contributed by atoms with Gasteiger partial charge in [0.25, 0.3) is 0 Å². The van der Waals surface area contributed by atoms with Crippen LogP contribution in [0.3, 0.4) is 0 Å². The van der Waals surface area contributed by atoms with Crippen molar-refractivity contribution in [3.63, 3.8) is 0 Å². The van der Waals surface area contributed by atoms with Gasteiger partial charge >= 0.3 is 0 Å². The molecule has 2 saturated carbocycles. The topological polar surface area (TPSA) is 75.1 Å². The molecular weight excluding hydrogens is 478 g/mol. The van der Waals surface area contributed by atoms with Crippen molar-refractivity contribution in [3.8, 4) is 0 Å². The van der Waals surface area contributed by atoms with Gasteiger partial charge in [-0.3, -0.25) is 19.8 Å². The number of carbonyl (C=O) groups is 3. The van der Waals surface area contributed by atoms with E-state index >= 15 is 0 Å². The number of aryl methyl sites for hydroxylation is 2. The molecule has 0 radical (unpaired) electrons. The van der Waals surface area contributed by atoms with Gasteiger partial charge in [0.1, 0.15) is 5.78 Å². The van der Waals surface area contributed by atoms with Crippen LogP contribution in [0.2, 0.25) is 0 Å². The average Bonchev–Trinajstić information content (AvgIpc) is 3.49. The van der Waals surface area contributed by atoms with Crippen LogP contribution in [0.4, 0.5) is 0 Å². The normalized spacial score (nSPS) is 25.5. The molecule has 0 aliphatic heterocycles. The number of allylic oxidation sites excluding steroid dienone is 1. The first-order valence-corrected chi connectivity index (χ1v) is 14.4. The Hall–Kier alpha value is -2.66. The van der Waals surface area contributed by atoms with E-state index in [1.54, 1.807) is 17.4 Å². The van der Waals surface area contributed by atoms with Gasteiger partial charge in [0, 0.05) is 40.2 Å². The van der Waals surface area contributed by atoms with Gasteiger partial charge in [0.15, 0.2) is 11.6 Å². The van der Waals surface area contributed by atoms with Gasteiger partial charge in [0.05, 0.1) is 10.6 Å². The van der Waals surface area contributed by atoms with Crippen LogP contribution in [-0.2, 0) is 9.59 Å². The Morgan fingerprint density at radius 1 is 1.03 bits per heavy atom. The SMILES string of the molecule is Cc1cc(C(=O)C2CC3CC2CCC3C(=O)C(CC(=O)C2=Cc3ccccc3C2=N)C(C)(C)C)sc1C. The van der Waals surface area contributed by atoms with Gasteiger partial charge < -0.3 is 0 Å². The predicted octanol–water partition coefficient (Wildman–Crippen LogP) is 7.26. The molecule has 4 nitrogen and oxygen atoms in total. The van der Waals surface area contributed by atoms with Crippen LogP contribution >= 0.6 is 11.3 Å². The summed E-state index contributed by atoms with van der Waals surface area (Å²) in [6, 6.07) is 9.62. The number of nitrogens with one attached hydrogen (secondary N) is 1. The van der Waals surface area contributed by atoms with Crippen LogP contribution in [0.5, 0.6) is 0 Å². The number of fused-ring (bicyclic) bond motifs is 3. The summed E-state index contributed by atoms with van der Waals surface area (Å²) in [5.41, 5.74) is 3.16. The second-order valence-electron chi connectivity index (χ2n) is 12.5. The van der Waals surface area contributed by atoms with Gasteiger partial charge in [-0.05, 0) is 80.1 Å². The van der Waals surface area contributed by atoms with Crippen molar-refractivity contribution in [1.29, 1.82) is 5.41 Å². The van der Waals surface area contributed by atoms with E-state index in [4.69, 9.17) is 5.41 Å². The zero-order chi connectivity index (χ0) is 26.6. The summed E-state index contributed by atoms with van der Waals surface area (Å²) in [4.78, 5) is 43.0. The summed E-state index contributed by atoms with van der Waals surface area (Å²) >= 11 is 1.60. The molecule has 37 heavy (non-hydrogen) atoms. The first-order valence-electron chi connectivity index (χ1n) is 13.5. The van der Waals surface area contributed by atoms with Crippen molar-refractivity contribution in [2.24, 2.45) is 35.0 Å². The fourth-order valence-corrected chi connectivity index (χ4v) is 7.89. The maximum Gasteiger partial charge on any atom is 0.176 e. The standard InChI is InChI=1S/C32H37NO3S/c1-17-12-28(37-18(17)2)31(36)24-15-21-13-20(24)10-11-23(21)30(35)26(32(3,4)5)16-27(34)25-14-19-8-6-7-9-22(19)29(25)33/h6-9,12,14,20-21,23-24,26,33H,10-11,13,15-16H2,1-5H3. The van der Waals surface area contributed by atoms with Crippen LogP contribution in [0.15, 0.2) is 35.9 Å². The summed E-state index contributed by atoms with van der Waals surface area (Å²) in [6.07, 6.45) is 5.37. The zero-order valence-electron chi connectivity index (χ0n) is 22.5. The van der Waals surface area contributed by atoms with Crippen molar-refractivity contribution in [2.75, 3.05) is 0 Å². The molecule has 1 aromatic heterocycles. The highest BCUT2D eigenvalue weighted by Crippen LogP contribution is 2.52. The van der Waals surface area contributed by atoms with Crippen molar-refractivity contribution < 1.29 is 14.4 Å². The number of hydrogen-bond donors (Lipinski definition) is 1. The summed E-state index contributed by atoms with van der Waals surface area (Å²) in [5.74, 6) is 0.419. The minimum absolute atomic E-state index is 0.0117. The second-order valence-corrected chi connectivity index (χ2v) is 13.7. The van der Waals surface area contributed by atoms with Gasteiger partial charge in [-0.25, -0.2) is 0 Å². The number of ketones is 3. The van der Waals surface area contributed by atoms with E-state index in [1.165, 1.54) is 10.4 Å².